The summed E-state index contributed by atoms with van der Waals surface area (Å²) in [7, 11) is 0. The van der Waals surface area contributed by atoms with Gasteiger partial charge in [-0.25, -0.2) is 4.99 Å². The van der Waals surface area contributed by atoms with Gasteiger partial charge < -0.3 is 9.64 Å². The highest BCUT2D eigenvalue weighted by Crippen LogP contribution is 2.28. The molecule has 1 fully saturated rings. The summed E-state index contributed by atoms with van der Waals surface area (Å²) in [5.41, 5.74) is 10.3. The fourth-order valence-electron chi connectivity index (χ4n) is 3.86. The number of rotatable bonds is 3. The molecule has 1 N–H and O–H groups in total. The summed E-state index contributed by atoms with van der Waals surface area (Å²) in [5, 5.41) is 5.46. The lowest BCUT2D eigenvalue weighted by molar-refractivity contribution is 0.122. The Kier molecular flexibility index (Phi) is 5.45. The van der Waals surface area contributed by atoms with Crippen molar-refractivity contribution >= 4 is 34.5 Å². The number of aliphatic imine (C=N–C) groups is 1. The average molecular weight is 431 g/mol. The lowest BCUT2D eigenvalue weighted by Crippen LogP contribution is -2.36. The highest BCUT2D eigenvalue weighted by molar-refractivity contribution is 6.30. The van der Waals surface area contributed by atoms with Crippen LogP contribution in [0.1, 0.15) is 22.3 Å². The van der Waals surface area contributed by atoms with Gasteiger partial charge in [0.15, 0.2) is 5.84 Å². The van der Waals surface area contributed by atoms with Crippen molar-refractivity contribution in [1.82, 2.24) is 5.43 Å². The number of nitrogens with zero attached hydrogens (tertiary/aromatic N) is 3. The van der Waals surface area contributed by atoms with Crippen molar-refractivity contribution in [3.8, 4) is 0 Å². The van der Waals surface area contributed by atoms with Crippen LogP contribution in [0.3, 0.4) is 0 Å². The van der Waals surface area contributed by atoms with Crippen molar-refractivity contribution in [3.05, 3.63) is 94.0 Å². The maximum atomic E-state index is 6.06. The van der Waals surface area contributed by atoms with E-state index in [0.717, 1.165) is 54.4 Å². The number of hydrogen-bond acceptors (Lipinski definition) is 5. The lowest BCUT2D eigenvalue weighted by atomic mass is 9.98. The summed E-state index contributed by atoms with van der Waals surface area (Å²) >= 11 is 6.06. The second kappa shape index (κ2) is 8.53. The van der Waals surface area contributed by atoms with Gasteiger partial charge in [0.05, 0.1) is 24.6 Å². The molecule has 0 saturated carbocycles. The number of fused-ring (bicyclic) bond motifs is 1. The number of benzene rings is 3. The number of morpholine rings is 1. The van der Waals surface area contributed by atoms with E-state index >= 15 is 0 Å². The van der Waals surface area contributed by atoms with Crippen LogP contribution in [0.4, 0.5) is 11.4 Å². The summed E-state index contributed by atoms with van der Waals surface area (Å²) in [5.74, 6) is 0.696. The normalized spacial score (nSPS) is 16.0. The quantitative estimate of drug-likeness (QED) is 0.641. The van der Waals surface area contributed by atoms with Gasteiger partial charge in [-0.15, -0.1) is 0 Å². The first-order valence-corrected chi connectivity index (χ1v) is 10.8. The van der Waals surface area contributed by atoms with Crippen LogP contribution in [0.5, 0.6) is 0 Å². The van der Waals surface area contributed by atoms with E-state index in [9.17, 15) is 0 Å². The van der Waals surface area contributed by atoms with Crippen LogP contribution in [-0.4, -0.2) is 37.9 Å². The van der Waals surface area contributed by atoms with E-state index < -0.39 is 0 Å². The van der Waals surface area contributed by atoms with E-state index in [0.29, 0.717) is 10.9 Å². The molecule has 0 amide bonds. The van der Waals surface area contributed by atoms with E-state index in [1.54, 1.807) is 0 Å². The minimum absolute atomic E-state index is 0.693. The Morgan fingerprint density at radius 2 is 1.61 bits per heavy atom. The first-order valence-electron chi connectivity index (χ1n) is 10.4. The highest BCUT2D eigenvalue weighted by atomic mass is 35.5. The van der Waals surface area contributed by atoms with Gasteiger partial charge in [0.1, 0.15) is 0 Å². The predicted molar refractivity (Wildman–Crippen MR) is 127 cm³/mol. The molecule has 0 spiro atoms. The zero-order valence-corrected chi connectivity index (χ0v) is 18.1. The van der Waals surface area contributed by atoms with Crippen molar-refractivity contribution in [1.29, 1.82) is 0 Å². The topological polar surface area (TPSA) is 49.2 Å². The van der Waals surface area contributed by atoms with Gasteiger partial charge in [0.2, 0.25) is 0 Å². The van der Waals surface area contributed by atoms with Gasteiger partial charge in [-0.2, -0.15) is 5.10 Å². The second-order valence-electron chi connectivity index (χ2n) is 7.71. The maximum absolute atomic E-state index is 6.06. The minimum Gasteiger partial charge on any atom is -0.378 e. The van der Waals surface area contributed by atoms with Crippen molar-refractivity contribution in [2.45, 2.75) is 6.92 Å². The third-order valence-electron chi connectivity index (χ3n) is 5.55. The van der Waals surface area contributed by atoms with Crippen molar-refractivity contribution in [2.24, 2.45) is 10.1 Å². The molecule has 0 aliphatic carbocycles. The summed E-state index contributed by atoms with van der Waals surface area (Å²) in [6.07, 6.45) is 0. The molecule has 0 unspecified atom stereocenters. The van der Waals surface area contributed by atoms with Crippen molar-refractivity contribution < 1.29 is 4.74 Å². The van der Waals surface area contributed by atoms with Crippen LogP contribution in [0.25, 0.3) is 0 Å². The maximum Gasteiger partial charge on any atom is 0.154 e. The van der Waals surface area contributed by atoms with E-state index in [2.05, 4.69) is 53.6 Å². The molecule has 156 valence electrons. The molecule has 0 atom stereocenters. The van der Waals surface area contributed by atoms with Gasteiger partial charge in [-0.05, 0) is 55.5 Å². The Labute approximate surface area is 187 Å². The predicted octanol–water partition coefficient (Wildman–Crippen LogP) is 4.92. The van der Waals surface area contributed by atoms with Crippen LogP contribution in [0.2, 0.25) is 5.02 Å². The van der Waals surface area contributed by atoms with Crippen molar-refractivity contribution in [3.63, 3.8) is 0 Å². The number of nitrogens with one attached hydrogen (secondary N) is 1. The first kappa shape index (κ1) is 19.8. The summed E-state index contributed by atoms with van der Waals surface area (Å²) < 4.78 is 5.47. The SMILES string of the molecule is Cc1ccc2c(c1)C(c1ccc(N3CCOCC3)cc1)=NNC(c1ccc(Cl)cc1)=N2. The summed E-state index contributed by atoms with van der Waals surface area (Å²) in [6.45, 7) is 5.47. The highest BCUT2D eigenvalue weighted by Gasteiger charge is 2.18. The van der Waals surface area contributed by atoms with Crippen LogP contribution in [-0.2, 0) is 4.74 Å². The van der Waals surface area contributed by atoms with Crippen molar-refractivity contribution in [2.75, 3.05) is 31.2 Å². The van der Waals surface area contributed by atoms with E-state index in [4.69, 9.17) is 26.4 Å². The third kappa shape index (κ3) is 4.20. The van der Waals surface area contributed by atoms with E-state index in [1.807, 2.05) is 30.3 Å². The Balaban J connectivity index is 1.52. The number of aryl methyl sites for hydroxylation is 1. The molecule has 2 heterocycles. The number of ether oxygens (including phenoxy) is 1. The molecule has 1 saturated heterocycles. The summed E-state index contributed by atoms with van der Waals surface area (Å²) in [4.78, 5) is 7.22. The Morgan fingerprint density at radius 1 is 0.903 bits per heavy atom. The fraction of sp³-hybridized carbons (Fsp3) is 0.200. The smallest absolute Gasteiger partial charge is 0.154 e. The van der Waals surface area contributed by atoms with Gasteiger partial charge in [-0.3, -0.25) is 5.43 Å². The van der Waals surface area contributed by atoms with Crippen LogP contribution < -0.4 is 10.3 Å². The number of amidine groups is 1. The van der Waals surface area contributed by atoms with E-state index in [-0.39, 0.29) is 0 Å². The van der Waals surface area contributed by atoms with Gasteiger partial charge in [0, 0.05) is 40.5 Å². The summed E-state index contributed by atoms with van der Waals surface area (Å²) in [6, 6.07) is 22.4. The molecule has 6 heteroatoms. The molecule has 2 aliphatic heterocycles. The Morgan fingerprint density at radius 3 is 2.35 bits per heavy atom. The Hall–Kier alpha value is -3.15. The van der Waals surface area contributed by atoms with Crippen LogP contribution in [0, 0.1) is 6.92 Å². The lowest BCUT2D eigenvalue weighted by Gasteiger charge is -2.29. The molecule has 2 aliphatic rings. The van der Waals surface area contributed by atoms with Gasteiger partial charge in [0.25, 0.3) is 0 Å². The zero-order chi connectivity index (χ0) is 21.2. The molecule has 0 aromatic heterocycles. The molecule has 5 nitrogen and oxygen atoms in total. The number of anilines is 1. The Bertz CT molecular complexity index is 1150. The van der Waals surface area contributed by atoms with Gasteiger partial charge in [-0.1, -0.05) is 35.4 Å². The molecule has 0 radical (unpaired) electrons. The third-order valence-corrected chi connectivity index (χ3v) is 5.80. The van der Waals surface area contributed by atoms with E-state index in [1.165, 1.54) is 11.3 Å². The fourth-order valence-corrected chi connectivity index (χ4v) is 3.99. The standard InChI is InChI=1S/C25H23ClN4O/c1-17-2-11-23-22(16-17)24(28-29-25(27-23)19-3-7-20(26)8-4-19)18-5-9-21(10-6-18)30-12-14-31-15-13-30/h2-11,16H,12-15H2,1H3,(H,27,29). The molecule has 31 heavy (non-hydrogen) atoms. The molecule has 5 rings (SSSR count). The largest absolute Gasteiger partial charge is 0.378 e. The van der Waals surface area contributed by atoms with Gasteiger partial charge >= 0.3 is 0 Å². The second-order valence-corrected chi connectivity index (χ2v) is 8.14. The average Bonchev–Trinajstić information content (AvgIpc) is 3.00. The number of hydrazone groups is 1. The van der Waals surface area contributed by atoms with Crippen LogP contribution in [0.15, 0.2) is 76.8 Å². The molecular weight excluding hydrogens is 408 g/mol. The zero-order valence-electron chi connectivity index (χ0n) is 17.3. The molecule has 3 aromatic carbocycles. The molecule has 0 bridgehead atoms. The molecule has 3 aromatic rings. The first-order chi connectivity index (χ1) is 15.2. The number of halogens is 1. The van der Waals surface area contributed by atoms with Crippen LogP contribution >= 0.6 is 11.6 Å². The minimum atomic E-state index is 0.693. The monoisotopic (exact) mass is 430 g/mol. The molecular formula is C25H23ClN4O. The number of hydrogen-bond donors (Lipinski definition) is 1.